The summed E-state index contributed by atoms with van der Waals surface area (Å²) < 4.78 is 2.42. The number of rotatable bonds is 2. The van der Waals surface area contributed by atoms with Crippen LogP contribution in [0.5, 0.6) is 0 Å². The molecule has 0 saturated heterocycles. The zero-order valence-corrected chi connectivity index (χ0v) is 9.65. The molecule has 1 radical (unpaired) electrons. The summed E-state index contributed by atoms with van der Waals surface area (Å²) in [6.07, 6.45) is 9.36. The molecule has 1 aromatic carbocycles. The fraction of sp³-hybridized carbons (Fsp3) is 0.467. The second kappa shape index (κ2) is 4.32. The summed E-state index contributed by atoms with van der Waals surface area (Å²) in [5, 5.41) is 1.32. The van der Waals surface area contributed by atoms with Gasteiger partial charge in [-0.1, -0.05) is 25.3 Å². The first-order chi connectivity index (χ1) is 7.93. The minimum Gasteiger partial charge on any atom is -0.347 e. The van der Waals surface area contributed by atoms with E-state index in [1.807, 2.05) is 6.07 Å². The van der Waals surface area contributed by atoms with Crippen LogP contribution in [0.3, 0.4) is 0 Å². The Kier molecular flexibility index (Phi) is 2.69. The fourth-order valence-electron chi connectivity index (χ4n) is 2.89. The summed E-state index contributed by atoms with van der Waals surface area (Å²) in [5.74, 6) is 0.897. The van der Waals surface area contributed by atoms with E-state index in [9.17, 15) is 0 Å². The monoisotopic (exact) mass is 212 g/mol. The zero-order valence-electron chi connectivity index (χ0n) is 9.65. The van der Waals surface area contributed by atoms with Crippen LogP contribution in [-0.2, 0) is 6.54 Å². The lowest BCUT2D eigenvalue weighted by Gasteiger charge is -2.22. The van der Waals surface area contributed by atoms with Gasteiger partial charge in [-0.2, -0.15) is 0 Å². The van der Waals surface area contributed by atoms with Crippen LogP contribution in [0.1, 0.15) is 32.1 Å². The van der Waals surface area contributed by atoms with Gasteiger partial charge in [0, 0.05) is 23.6 Å². The maximum Gasteiger partial charge on any atom is 0.0480 e. The second-order valence-corrected chi connectivity index (χ2v) is 4.96. The molecule has 0 aliphatic heterocycles. The standard InChI is InChI=1S/C15H18N/c1-2-6-13(7-3-1)12-16-11-10-14-8-4-5-9-15(14)16/h5,8-11,13H,1-3,6-7,12H2. The number of hydrogen-bond donors (Lipinski definition) is 0. The maximum atomic E-state index is 3.14. The van der Waals surface area contributed by atoms with Gasteiger partial charge in [-0.3, -0.25) is 0 Å². The summed E-state index contributed by atoms with van der Waals surface area (Å²) >= 11 is 0. The molecule has 0 unspecified atom stereocenters. The van der Waals surface area contributed by atoms with Gasteiger partial charge in [-0.15, -0.1) is 0 Å². The van der Waals surface area contributed by atoms with E-state index in [4.69, 9.17) is 0 Å². The third-order valence-corrected chi connectivity index (χ3v) is 3.80. The second-order valence-electron chi connectivity index (χ2n) is 4.96. The number of benzene rings is 1. The number of nitrogens with zero attached hydrogens (tertiary/aromatic N) is 1. The number of aromatic nitrogens is 1. The van der Waals surface area contributed by atoms with Crippen LogP contribution in [0.4, 0.5) is 0 Å². The molecule has 1 heteroatoms. The molecule has 0 N–H and O–H groups in total. The van der Waals surface area contributed by atoms with E-state index < -0.39 is 0 Å². The average molecular weight is 212 g/mol. The minimum atomic E-state index is 0.897. The SMILES string of the molecule is [c]1ccc2c(c1)ccn2CC1CCCCC1. The van der Waals surface area contributed by atoms with Crippen LogP contribution in [0, 0.1) is 12.0 Å². The molecule has 1 heterocycles. The summed E-state index contributed by atoms with van der Waals surface area (Å²) in [7, 11) is 0. The quantitative estimate of drug-likeness (QED) is 0.708. The Morgan fingerprint density at radius 1 is 1.19 bits per heavy atom. The predicted molar refractivity (Wildman–Crippen MR) is 67.3 cm³/mol. The summed E-state index contributed by atoms with van der Waals surface area (Å²) in [6, 6.07) is 11.6. The largest absolute Gasteiger partial charge is 0.347 e. The van der Waals surface area contributed by atoms with Crippen molar-refractivity contribution in [1.29, 1.82) is 0 Å². The zero-order chi connectivity index (χ0) is 10.8. The van der Waals surface area contributed by atoms with E-state index in [0.29, 0.717) is 0 Å². The van der Waals surface area contributed by atoms with Gasteiger partial charge < -0.3 is 4.57 Å². The number of hydrogen-bond acceptors (Lipinski definition) is 0. The Hall–Kier alpha value is -1.24. The highest BCUT2D eigenvalue weighted by Crippen LogP contribution is 2.26. The normalized spacial score (nSPS) is 18.0. The molecule has 0 spiro atoms. The molecule has 1 nitrogen and oxygen atoms in total. The highest BCUT2D eigenvalue weighted by molar-refractivity contribution is 5.79. The van der Waals surface area contributed by atoms with Crippen LogP contribution < -0.4 is 0 Å². The van der Waals surface area contributed by atoms with Gasteiger partial charge in [0.25, 0.3) is 0 Å². The van der Waals surface area contributed by atoms with E-state index in [1.54, 1.807) is 0 Å². The van der Waals surface area contributed by atoms with Gasteiger partial charge in [0.1, 0.15) is 0 Å². The lowest BCUT2D eigenvalue weighted by molar-refractivity contribution is 0.322. The van der Waals surface area contributed by atoms with Crippen molar-refractivity contribution in [3.8, 4) is 0 Å². The van der Waals surface area contributed by atoms with E-state index >= 15 is 0 Å². The van der Waals surface area contributed by atoms with E-state index in [-0.39, 0.29) is 0 Å². The Morgan fingerprint density at radius 3 is 2.94 bits per heavy atom. The molecule has 1 aliphatic carbocycles. The van der Waals surface area contributed by atoms with E-state index in [1.165, 1.54) is 49.6 Å². The molecule has 0 bridgehead atoms. The average Bonchev–Trinajstić information content (AvgIpc) is 2.74. The van der Waals surface area contributed by atoms with Crippen LogP contribution >= 0.6 is 0 Å². The first kappa shape index (κ1) is 9.95. The van der Waals surface area contributed by atoms with Crippen molar-refractivity contribution < 1.29 is 0 Å². The first-order valence-corrected chi connectivity index (χ1v) is 6.38. The smallest absolute Gasteiger partial charge is 0.0480 e. The molecular formula is C15H18N. The predicted octanol–water partition coefficient (Wildman–Crippen LogP) is 4.02. The van der Waals surface area contributed by atoms with Gasteiger partial charge in [0.15, 0.2) is 0 Å². The van der Waals surface area contributed by atoms with Crippen molar-refractivity contribution in [3.63, 3.8) is 0 Å². The van der Waals surface area contributed by atoms with Gasteiger partial charge in [0.05, 0.1) is 0 Å². The van der Waals surface area contributed by atoms with E-state index in [0.717, 1.165) is 5.92 Å². The minimum absolute atomic E-state index is 0.897. The lowest BCUT2D eigenvalue weighted by atomic mass is 9.89. The Bertz CT molecular complexity index is 463. The van der Waals surface area contributed by atoms with Crippen molar-refractivity contribution in [3.05, 3.63) is 36.5 Å². The topological polar surface area (TPSA) is 4.93 Å². The Labute approximate surface area is 97.1 Å². The van der Waals surface area contributed by atoms with Crippen molar-refractivity contribution in [1.82, 2.24) is 4.57 Å². The molecule has 16 heavy (non-hydrogen) atoms. The van der Waals surface area contributed by atoms with Gasteiger partial charge in [-0.25, -0.2) is 0 Å². The van der Waals surface area contributed by atoms with Crippen LogP contribution in [0.25, 0.3) is 10.9 Å². The number of fused-ring (bicyclic) bond motifs is 1. The highest BCUT2D eigenvalue weighted by atomic mass is 15.0. The Balaban J connectivity index is 1.83. The van der Waals surface area contributed by atoms with Crippen molar-refractivity contribution >= 4 is 10.9 Å². The van der Waals surface area contributed by atoms with Crippen molar-refractivity contribution in [2.75, 3.05) is 0 Å². The third kappa shape index (κ3) is 1.87. The van der Waals surface area contributed by atoms with Gasteiger partial charge in [0.2, 0.25) is 0 Å². The molecule has 1 aromatic heterocycles. The molecule has 0 amide bonds. The van der Waals surface area contributed by atoms with Gasteiger partial charge >= 0.3 is 0 Å². The Morgan fingerprint density at radius 2 is 2.06 bits per heavy atom. The molecule has 1 fully saturated rings. The lowest BCUT2D eigenvalue weighted by Crippen LogP contribution is -2.13. The van der Waals surface area contributed by atoms with Crippen LogP contribution in [0.2, 0.25) is 0 Å². The molecule has 1 saturated carbocycles. The summed E-state index contributed by atoms with van der Waals surface area (Å²) in [6.45, 7) is 1.20. The van der Waals surface area contributed by atoms with Crippen molar-refractivity contribution in [2.24, 2.45) is 5.92 Å². The molecule has 0 atom stereocenters. The third-order valence-electron chi connectivity index (χ3n) is 3.80. The molecule has 3 rings (SSSR count). The molecule has 1 aliphatic rings. The molecule has 83 valence electrons. The fourth-order valence-corrected chi connectivity index (χ4v) is 2.89. The summed E-state index contributed by atoms with van der Waals surface area (Å²) in [4.78, 5) is 0. The van der Waals surface area contributed by atoms with Gasteiger partial charge in [-0.05, 0) is 43.0 Å². The molecular weight excluding hydrogens is 194 g/mol. The van der Waals surface area contributed by atoms with E-state index in [2.05, 4.69) is 35.0 Å². The highest BCUT2D eigenvalue weighted by Gasteiger charge is 2.14. The first-order valence-electron chi connectivity index (χ1n) is 6.38. The summed E-state index contributed by atoms with van der Waals surface area (Å²) in [5.41, 5.74) is 1.37. The molecule has 2 aromatic rings. The van der Waals surface area contributed by atoms with Crippen molar-refractivity contribution in [2.45, 2.75) is 38.6 Å². The maximum absolute atomic E-state index is 3.14. The van der Waals surface area contributed by atoms with Crippen LogP contribution in [-0.4, -0.2) is 4.57 Å². The van der Waals surface area contributed by atoms with Crippen LogP contribution in [0.15, 0.2) is 30.5 Å².